The number of carbonyl (C=O) groups is 1. The fourth-order valence-electron chi connectivity index (χ4n) is 3.04. The number of fused-ring (bicyclic) bond motifs is 1. The summed E-state index contributed by atoms with van der Waals surface area (Å²) in [5.74, 6) is 0.560. The number of nitrogens with zero attached hydrogens (tertiary/aromatic N) is 2. The first-order chi connectivity index (χ1) is 15.6. The lowest BCUT2D eigenvalue weighted by Gasteiger charge is -2.02. The molecule has 6 nitrogen and oxygen atoms in total. The van der Waals surface area contributed by atoms with Crippen LogP contribution < -0.4 is 4.74 Å². The van der Waals surface area contributed by atoms with E-state index in [1.54, 1.807) is 48.7 Å². The summed E-state index contributed by atoms with van der Waals surface area (Å²) in [4.78, 5) is 20.9. The van der Waals surface area contributed by atoms with E-state index in [0.717, 1.165) is 16.8 Å². The number of hydrogen-bond donors (Lipinski definition) is 0. The number of halogens is 1. The third kappa shape index (κ3) is 4.31. The monoisotopic (exact) mass is 442 g/mol. The Morgan fingerprint density at radius 2 is 1.81 bits per heavy atom. The van der Waals surface area contributed by atoms with Crippen LogP contribution in [-0.4, -0.2) is 17.2 Å². The van der Waals surface area contributed by atoms with Crippen molar-refractivity contribution in [1.82, 2.24) is 4.98 Å². The van der Waals surface area contributed by atoms with Crippen molar-refractivity contribution in [2.24, 2.45) is 4.99 Å². The van der Waals surface area contributed by atoms with E-state index in [9.17, 15) is 4.79 Å². The molecule has 32 heavy (non-hydrogen) atoms. The Hall–Kier alpha value is -4.16. The van der Waals surface area contributed by atoms with Crippen molar-refractivity contribution in [3.8, 4) is 17.2 Å². The summed E-state index contributed by atoms with van der Waals surface area (Å²) in [6.45, 7) is 0. The first-order valence-electron chi connectivity index (χ1n) is 9.70. The van der Waals surface area contributed by atoms with Gasteiger partial charge in [0.2, 0.25) is 11.7 Å². The molecule has 3 aromatic carbocycles. The molecule has 0 aliphatic rings. The number of esters is 1. The lowest BCUT2D eigenvalue weighted by atomic mass is 10.2. The van der Waals surface area contributed by atoms with Crippen LogP contribution in [0.1, 0.15) is 16.1 Å². The zero-order valence-electron chi connectivity index (χ0n) is 16.6. The first kappa shape index (κ1) is 19.8. The molecule has 2 aromatic heterocycles. The molecule has 0 amide bonds. The highest BCUT2D eigenvalue weighted by atomic mass is 35.5. The van der Waals surface area contributed by atoms with Crippen LogP contribution in [0.15, 0.2) is 99.0 Å². The van der Waals surface area contributed by atoms with Crippen molar-refractivity contribution in [3.63, 3.8) is 0 Å². The second-order valence-electron chi connectivity index (χ2n) is 6.87. The fourth-order valence-corrected chi connectivity index (χ4v) is 3.20. The average molecular weight is 443 g/mol. The zero-order valence-corrected chi connectivity index (χ0v) is 17.3. The molecular weight excluding hydrogens is 428 g/mol. The van der Waals surface area contributed by atoms with Gasteiger partial charge in [0, 0.05) is 16.8 Å². The van der Waals surface area contributed by atoms with Crippen LogP contribution in [0.3, 0.4) is 0 Å². The SMILES string of the molecule is O=C(Oc1ccc(C=Nc2ccc(-c3nc4cc(Cl)ccc4o3)cc2)cc1)c1ccco1. The number of aromatic nitrogens is 1. The number of furan rings is 1. The van der Waals surface area contributed by atoms with Gasteiger partial charge in [-0.2, -0.15) is 0 Å². The maximum Gasteiger partial charge on any atom is 0.379 e. The summed E-state index contributed by atoms with van der Waals surface area (Å²) in [6.07, 6.45) is 3.15. The molecule has 5 rings (SSSR count). The molecule has 0 aliphatic heterocycles. The van der Waals surface area contributed by atoms with Crippen LogP contribution in [0.2, 0.25) is 5.02 Å². The van der Waals surface area contributed by atoms with Crippen molar-refractivity contribution in [2.45, 2.75) is 0 Å². The second-order valence-corrected chi connectivity index (χ2v) is 7.31. The minimum atomic E-state index is -0.543. The minimum absolute atomic E-state index is 0.153. The Kier molecular flexibility index (Phi) is 5.27. The highest BCUT2D eigenvalue weighted by Gasteiger charge is 2.11. The number of aliphatic imine (C=N–C) groups is 1. The van der Waals surface area contributed by atoms with Gasteiger partial charge >= 0.3 is 5.97 Å². The molecule has 0 fully saturated rings. The Morgan fingerprint density at radius 3 is 2.56 bits per heavy atom. The molecule has 7 heteroatoms. The topological polar surface area (TPSA) is 77.8 Å². The summed E-state index contributed by atoms with van der Waals surface area (Å²) in [7, 11) is 0. The fraction of sp³-hybridized carbons (Fsp3) is 0. The van der Waals surface area contributed by atoms with E-state index in [4.69, 9.17) is 25.2 Å². The molecule has 0 spiro atoms. The lowest BCUT2D eigenvalue weighted by Crippen LogP contribution is -2.06. The molecule has 0 aliphatic carbocycles. The van der Waals surface area contributed by atoms with Crippen molar-refractivity contribution in [2.75, 3.05) is 0 Å². The molecule has 0 atom stereocenters. The molecule has 0 bridgehead atoms. The predicted molar refractivity (Wildman–Crippen MR) is 122 cm³/mol. The van der Waals surface area contributed by atoms with Gasteiger partial charge in [-0.3, -0.25) is 4.99 Å². The first-order valence-corrected chi connectivity index (χ1v) is 10.1. The number of oxazole rings is 1. The van der Waals surface area contributed by atoms with Gasteiger partial charge in [-0.15, -0.1) is 0 Å². The molecule has 0 saturated carbocycles. The van der Waals surface area contributed by atoms with Gasteiger partial charge in [-0.25, -0.2) is 9.78 Å². The van der Waals surface area contributed by atoms with Crippen molar-refractivity contribution < 1.29 is 18.4 Å². The molecule has 156 valence electrons. The minimum Gasteiger partial charge on any atom is -0.457 e. The van der Waals surface area contributed by atoms with Crippen LogP contribution in [0, 0.1) is 0 Å². The van der Waals surface area contributed by atoms with E-state index in [0.29, 0.717) is 27.8 Å². The van der Waals surface area contributed by atoms with Gasteiger partial charge in [0.25, 0.3) is 0 Å². The largest absolute Gasteiger partial charge is 0.457 e. The van der Waals surface area contributed by atoms with E-state index in [-0.39, 0.29) is 5.76 Å². The summed E-state index contributed by atoms with van der Waals surface area (Å²) >= 11 is 6.01. The molecule has 0 N–H and O–H groups in total. The summed E-state index contributed by atoms with van der Waals surface area (Å²) in [6, 6.07) is 23.1. The highest BCUT2D eigenvalue weighted by Crippen LogP contribution is 2.27. The summed E-state index contributed by atoms with van der Waals surface area (Å²) in [5.41, 5.74) is 3.89. The van der Waals surface area contributed by atoms with Crippen molar-refractivity contribution in [1.29, 1.82) is 0 Å². The predicted octanol–water partition coefficient (Wildman–Crippen LogP) is 6.71. The average Bonchev–Trinajstić information content (AvgIpc) is 3.49. The number of benzene rings is 3. The van der Waals surface area contributed by atoms with E-state index in [1.165, 1.54) is 6.26 Å². The Labute approximate surface area is 187 Å². The standard InChI is InChI=1S/C25H15ClN2O4/c26-18-7-12-22-21(14-18)28-24(32-22)17-5-8-19(9-6-17)27-15-16-3-10-20(11-4-16)31-25(29)23-2-1-13-30-23/h1-15H. The maximum absolute atomic E-state index is 11.9. The van der Waals surface area contributed by atoms with Gasteiger partial charge in [-0.05, 0) is 84.4 Å². The molecule has 5 aromatic rings. The van der Waals surface area contributed by atoms with Crippen LogP contribution in [-0.2, 0) is 0 Å². The molecule has 2 heterocycles. The summed E-state index contributed by atoms with van der Waals surface area (Å²) in [5, 5.41) is 0.616. The van der Waals surface area contributed by atoms with Gasteiger partial charge < -0.3 is 13.6 Å². The van der Waals surface area contributed by atoms with Gasteiger partial charge in [0.1, 0.15) is 11.3 Å². The normalized spacial score (nSPS) is 11.3. The molecule has 0 radical (unpaired) electrons. The highest BCUT2D eigenvalue weighted by molar-refractivity contribution is 6.31. The van der Waals surface area contributed by atoms with Crippen LogP contribution >= 0.6 is 11.6 Å². The smallest absolute Gasteiger partial charge is 0.379 e. The molecule has 0 saturated heterocycles. The maximum atomic E-state index is 11.9. The second kappa shape index (κ2) is 8.53. The van der Waals surface area contributed by atoms with E-state index in [2.05, 4.69) is 9.98 Å². The Morgan fingerprint density at radius 1 is 1.00 bits per heavy atom. The lowest BCUT2D eigenvalue weighted by molar-refractivity contribution is 0.0701. The third-order valence-electron chi connectivity index (χ3n) is 4.64. The number of hydrogen-bond acceptors (Lipinski definition) is 6. The van der Waals surface area contributed by atoms with Crippen molar-refractivity contribution >= 4 is 40.6 Å². The molecule has 0 unspecified atom stereocenters. The van der Waals surface area contributed by atoms with Gasteiger partial charge in [0.05, 0.1) is 12.0 Å². The van der Waals surface area contributed by atoms with E-state index >= 15 is 0 Å². The number of ether oxygens (including phenoxy) is 1. The zero-order chi connectivity index (χ0) is 21.9. The summed E-state index contributed by atoms with van der Waals surface area (Å²) < 4.78 is 16.1. The quantitative estimate of drug-likeness (QED) is 0.172. The van der Waals surface area contributed by atoms with Gasteiger partial charge in [-0.1, -0.05) is 11.6 Å². The Balaban J connectivity index is 1.25. The third-order valence-corrected chi connectivity index (χ3v) is 4.87. The van der Waals surface area contributed by atoms with E-state index in [1.807, 2.05) is 36.4 Å². The van der Waals surface area contributed by atoms with Crippen LogP contribution in [0.5, 0.6) is 5.75 Å². The van der Waals surface area contributed by atoms with Crippen LogP contribution in [0.25, 0.3) is 22.6 Å². The number of rotatable bonds is 5. The van der Waals surface area contributed by atoms with Gasteiger partial charge in [0.15, 0.2) is 5.58 Å². The Bertz CT molecular complexity index is 1400. The van der Waals surface area contributed by atoms with Crippen LogP contribution in [0.4, 0.5) is 5.69 Å². The molecular formula is C25H15ClN2O4. The number of carbonyl (C=O) groups excluding carboxylic acids is 1. The van der Waals surface area contributed by atoms with E-state index < -0.39 is 5.97 Å². The van der Waals surface area contributed by atoms with Crippen molar-refractivity contribution in [3.05, 3.63) is 101 Å².